The summed E-state index contributed by atoms with van der Waals surface area (Å²) in [5.74, 6) is -1.89. The Labute approximate surface area is 99.8 Å². The normalized spacial score (nSPS) is 17.8. The summed E-state index contributed by atoms with van der Waals surface area (Å²) in [5, 5.41) is 0. The van der Waals surface area contributed by atoms with Gasteiger partial charge < -0.3 is 14.2 Å². The highest BCUT2D eigenvalue weighted by Crippen LogP contribution is 2.36. The van der Waals surface area contributed by atoms with Crippen molar-refractivity contribution in [3.05, 3.63) is 41.5 Å². The number of methoxy groups -OCH3 is 2. The molecule has 1 aromatic rings. The van der Waals surface area contributed by atoms with Crippen molar-refractivity contribution in [1.82, 2.24) is 0 Å². The number of esters is 1. The van der Waals surface area contributed by atoms with Crippen LogP contribution in [0.1, 0.15) is 11.1 Å². The molecule has 0 bridgehead atoms. The van der Waals surface area contributed by atoms with Gasteiger partial charge in [0, 0.05) is 20.3 Å². The van der Waals surface area contributed by atoms with Gasteiger partial charge in [0.1, 0.15) is 0 Å². The Hall–Kier alpha value is -1.65. The van der Waals surface area contributed by atoms with Gasteiger partial charge in [-0.05, 0) is 12.5 Å². The number of carbonyl (C=O) groups excluding carboxylic acids is 1. The number of ether oxygens (including phenoxy) is 3. The van der Waals surface area contributed by atoms with E-state index in [-0.39, 0.29) is 0 Å². The minimum Gasteiger partial charge on any atom is -0.400 e. The molecule has 1 aliphatic heterocycles. The van der Waals surface area contributed by atoms with E-state index in [0.29, 0.717) is 5.57 Å². The smallest absolute Gasteiger partial charge is 0.359 e. The van der Waals surface area contributed by atoms with Gasteiger partial charge in [0.15, 0.2) is 0 Å². The lowest BCUT2D eigenvalue weighted by molar-refractivity contribution is -0.297. The van der Waals surface area contributed by atoms with E-state index >= 15 is 0 Å². The maximum atomic E-state index is 11.4. The first-order valence-corrected chi connectivity index (χ1v) is 5.24. The first-order chi connectivity index (χ1) is 8.11. The molecule has 2 rings (SSSR count). The second-order valence-electron chi connectivity index (χ2n) is 3.81. The molecule has 0 saturated heterocycles. The maximum absolute atomic E-state index is 11.4. The molecule has 1 aliphatic rings. The first-order valence-electron chi connectivity index (χ1n) is 5.24. The summed E-state index contributed by atoms with van der Waals surface area (Å²) < 4.78 is 15.4. The lowest BCUT2D eigenvalue weighted by Gasteiger charge is -2.26. The Balaban J connectivity index is 2.45. The number of hydrogen-bond acceptors (Lipinski definition) is 4. The Kier molecular flexibility index (Phi) is 3.00. The van der Waals surface area contributed by atoms with Gasteiger partial charge in [-0.1, -0.05) is 29.8 Å². The van der Waals surface area contributed by atoms with Crippen molar-refractivity contribution in [1.29, 1.82) is 0 Å². The van der Waals surface area contributed by atoms with Crippen molar-refractivity contribution in [2.75, 3.05) is 14.2 Å². The predicted octanol–water partition coefficient (Wildman–Crippen LogP) is 1.88. The molecule has 0 saturated carbocycles. The topological polar surface area (TPSA) is 44.8 Å². The summed E-state index contributed by atoms with van der Waals surface area (Å²) in [6.45, 7) is 1.99. The molecule has 4 heteroatoms. The average Bonchev–Trinajstić information content (AvgIpc) is 2.68. The minimum atomic E-state index is -1.42. The average molecular weight is 234 g/mol. The molecule has 0 radical (unpaired) electrons. The summed E-state index contributed by atoms with van der Waals surface area (Å²) in [7, 11) is 2.87. The number of carbonyl (C=O) groups is 1. The van der Waals surface area contributed by atoms with Crippen LogP contribution in [0.15, 0.2) is 30.3 Å². The van der Waals surface area contributed by atoms with Crippen LogP contribution in [0.3, 0.4) is 0 Å². The van der Waals surface area contributed by atoms with Gasteiger partial charge in [-0.15, -0.1) is 0 Å². The fourth-order valence-corrected chi connectivity index (χ4v) is 1.80. The van der Waals surface area contributed by atoms with Gasteiger partial charge in [0.25, 0.3) is 0 Å². The van der Waals surface area contributed by atoms with Crippen molar-refractivity contribution in [2.24, 2.45) is 0 Å². The van der Waals surface area contributed by atoms with Crippen LogP contribution in [0.4, 0.5) is 0 Å². The monoisotopic (exact) mass is 234 g/mol. The molecule has 1 aromatic carbocycles. The number of rotatable bonds is 3. The zero-order chi connectivity index (χ0) is 12.5. The molecule has 17 heavy (non-hydrogen) atoms. The largest absolute Gasteiger partial charge is 0.400 e. The molecular weight excluding hydrogens is 220 g/mol. The molecule has 0 unspecified atom stereocenters. The number of cyclic esters (lactones) is 1. The highest BCUT2D eigenvalue weighted by atomic mass is 16.9. The van der Waals surface area contributed by atoms with Crippen molar-refractivity contribution in [3.8, 4) is 0 Å². The standard InChI is InChI=1S/C13H14O4/c1-9-4-6-10(7-5-9)11-8-12(14)17-13(11,15-2)16-3/h4-8H,1-3H3. The second kappa shape index (κ2) is 4.31. The van der Waals surface area contributed by atoms with Gasteiger partial charge in [-0.25, -0.2) is 4.79 Å². The number of hydrogen-bond donors (Lipinski definition) is 0. The number of benzene rings is 1. The van der Waals surface area contributed by atoms with Gasteiger partial charge >= 0.3 is 11.9 Å². The van der Waals surface area contributed by atoms with Crippen molar-refractivity contribution in [3.63, 3.8) is 0 Å². The fourth-order valence-electron chi connectivity index (χ4n) is 1.80. The second-order valence-corrected chi connectivity index (χ2v) is 3.81. The van der Waals surface area contributed by atoms with Crippen LogP contribution in [-0.2, 0) is 19.0 Å². The lowest BCUT2D eigenvalue weighted by Crippen LogP contribution is -2.35. The molecule has 0 amide bonds. The number of aryl methyl sites for hydroxylation is 1. The molecule has 0 fully saturated rings. The van der Waals surface area contributed by atoms with Crippen molar-refractivity contribution in [2.45, 2.75) is 12.9 Å². The lowest BCUT2D eigenvalue weighted by atomic mass is 10.0. The van der Waals surface area contributed by atoms with E-state index in [0.717, 1.165) is 11.1 Å². The quantitative estimate of drug-likeness (QED) is 0.591. The van der Waals surface area contributed by atoms with Crippen LogP contribution in [0.25, 0.3) is 5.57 Å². The summed E-state index contributed by atoms with van der Waals surface area (Å²) in [4.78, 5) is 11.4. The maximum Gasteiger partial charge on any atom is 0.359 e. The first kappa shape index (κ1) is 11.8. The molecule has 1 heterocycles. The summed E-state index contributed by atoms with van der Waals surface area (Å²) in [6.07, 6.45) is 1.39. The summed E-state index contributed by atoms with van der Waals surface area (Å²) in [6, 6.07) is 7.70. The minimum absolute atomic E-state index is 0.468. The molecule has 0 N–H and O–H groups in total. The van der Waals surface area contributed by atoms with E-state index in [2.05, 4.69) is 0 Å². The zero-order valence-electron chi connectivity index (χ0n) is 10.0. The SMILES string of the molecule is COC1(OC)OC(=O)C=C1c1ccc(C)cc1. The Bertz CT molecular complexity index is 455. The summed E-state index contributed by atoms with van der Waals surface area (Å²) >= 11 is 0. The van der Waals surface area contributed by atoms with Crippen LogP contribution in [-0.4, -0.2) is 26.2 Å². The van der Waals surface area contributed by atoms with E-state index in [1.165, 1.54) is 20.3 Å². The van der Waals surface area contributed by atoms with Crippen LogP contribution in [0, 0.1) is 6.92 Å². The zero-order valence-corrected chi connectivity index (χ0v) is 10.0. The highest BCUT2D eigenvalue weighted by molar-refractivity contribution is 5.97. The van der Waals surface area contributed by atoms with Gasteiger partial charge in [0.05, 0.1) is 5.57 Å². The van der Waals surface area contributed by atoms with E-state index in [1.807, 2.05) is 31.2 Å². The third-order valence-electron chi connectivity index (χ3n) is 2.73. The summed E-state index contributed by atoms with van der Waals surface area (Å²) in [5.41, 5.74) is 2.55. The highest BCUT2D eigenvalue weighted by Gasteiger charge is 2.45. The van der Waals surface area contributed by atoms with Crippen LogP contribution < -0.4 is 0 Å². The Morgan fingerprint density at radius 3 is 2.24 bits per heavy atom. The Morgan fingerprint density at radius 2 is 1.71 bits per heavy atom. The van der Waals surface area contributed by atoms with E-state index in [9.17, 15) is 4.79 Å². The van der Waals surface area contributed by atoms with Crippen LogP contribution >= 0.6 is 0 Å². The Morgan fingerprint density at radius 1 is 1.12 bits per heavy atom. The van der Waals surface area contributed by atoms with Gasteiger partial charge in [-0.2, -0.15) is 0 Å². The fraction of sp³-hybridized carbons (Fsp3) is 0.308. The van der Waals surface area contributed by atoms with Crippen molar-refractivity contribution < 1.29 is 19.0 Å². The van der Waals surface area contributed by atoms with Gasteiger partial charge in [-0.3, -0.25) is 0 Å². The van der Waals surface area contributed by atoms with E-state index in [4.69, 9.17) is 14.2 Å². The van der Waals surface area contributed by atoms with Crippen LogP contribution in [0.5, 0.6) is 0 Å². The van der Waals surface area contributed by atoms with E-state index < -0.39 is 11.9 Å². The third-order valence-corrected chi connectivity index (χ3v) is 2.73. The molecule has 0 aromatic heterocycles. The van der Waals surface area contributed by atoms with Crippen molar-refractivity contribution >= 4 is 11.5 Å². The molecule has 0 atom stereocenters. The van der Waals surface area contributed by atoms with Gasteiger partial charge in [0.2, 0.25) is 0 Å². The molecule has 0 aliphatic carbocycles. The molecular formula is C13H14O4. The predicted molar refractivity (Wildman–Crippen MR) is 62.0 cm³/mol. The molecule has 0 spiro atoms. The third kappa shape index (κ3) is 1.97. The van der Waals surface area contributed by atoms with E-state index in [1.54, 1.807) is 0 Å². The molecule has 4 nitrogen and oxygen atoms in total. The van der Waals surface area contributed by atoms with Crippen LogP contribution in [0.2, 0.25) is 0 Å². The molecule has 90 valence electrons.